The third kappa shape index (κ3) is 4.37. The Morgan fingerprint density at radius 1 is 0.792 bits per heavy atom. The molecular weight excluding hydrogens is 323 g/mol. The second-order valence-corrected chi connectivity index (χ2v) is 7.13. The van der Waals surface area contributed by atoms with Crippen LogP contribution in [0.15, 0.2) is 85.2 Å². The Morgan fingerprint density at radius 3 is 1.71 bits per heavy atom. The Hall–Kier alpha value is -2.78. The van der Waals surface area contributed by atoms with E-state index in [-0.39, 0.29) is 6.16 Å². The number of hydrogen-bond donors (Lipinski definition) is 1. The zero-order chi connectivity index (χ0) is 16.8. The van der Waals surface area contributed by atoms with E-state index in [1.807, 2.05) is 36.4 Å². The van der Waals surface area contributed by atoms with Gasteiger partial charge in [-0.3, -0.25) is 0 Å². The SMILES string of the molecule is N[n+]1ccc(CP(=O)(Oc2ccccc2)Oc2ccccc2)cc1. The van der Waals surface area contributed by atoms with Gasteiger partial charge in [0.05, 0.1) is 6.16 Å². The van der Waals surface area contributed by atoms with Crippen LogP contribution in [-0.4, -0.2) is 0 Å². The molecule has 0 fully saturated rings. The lowest BCUT2D eigenvalue weighted by Crippen LogP contribution is -2.43. The molecule has 0 atom stereocenters. The lowest BCUT2D eigenvalue weighted by atomic mass is 10.3. The molecule has 2 N–H and O–H groups in total. The van der Waals surface area contributed by atoms with Crippen molar-refractivity contribution in [2.24, 2.45) is 0 Å². The molecule has 0 aliphatic heterocycles. The average Bonchev–Trinajstić information content (AvgIpc) is 2.58. The highest BCUT2D eigenvalue weighted by molar-refractivity contribution is 7.53. The van der Waals surface area contributed by atoms with Crippen LogP contribution in [0.5, 0.6) is 11.5 Å². The van der Waals surface area contributed by atoms with E-state index in [4.69, 9.17) is 14.9 Å². The molecule has 0 unspecified atom stereocenters. The highest BCUT2D eigenvalue weighted by Gasteiger charge is 2.29. The van der Waals surface area contributed by atoms with Gasteiger partial charge in [-0.1, -0.05) is 41.1 Å². The fourth-order valence-corrected chi connectivity index (χ4v) is 3.88. The molecule has 0 spiro atoms. The van der Waals surface area contributed by atoms with E-state index < -0.39 is 7.60 Å². The van der Waals surface area contributed by atoms with Gasteiger partial charge in [0, 0.05) is 12.1 Å². The van der Waals surface area contributed by atoms with E-state index in [1.165, 1.54) is 4.68 Å². The predicted molar refractivity (Wildman–Crippen MR) is 92.2 cm³/mol. The summed E-state index contributed by atoms with van der Waals surface area (Å²) in [4.78, 5) is 0. The number of aromatic nitrogens is 1. The van der Waals surface area contributed by atoms with Crippen LogP contribution in [0.4, 0.5) is 0 Å². The first kappa shape index (κ1) is 16.1. The highest BCUT2D eigenvalue weighted by Crippen LogP contribution is 2.51. The van der Waals surface area contributed by atoms with Crippen LogP contribution in [-0.2, 0) is 10.7 Å². The maximum atomic E-state index is 13.3. The van der Waals surface area contributed by atoms with Gasteiger partial charge in [-0.2, -0.15) is 0 Å². The van der Waals surface area contributed by atoms with Gasteiger partial charge < -0.3 is 9.05 Å². The third-order valence-corrected chi connectivity index (χ3v) is 5.00. The Balaban J connectivity index is 1.87. The van der Waals surface area contributed by atoms with Crippen molar-refractivity contribution in [2.75, 3.05) is 5.84 Å². The van der Waals surface area contributed by atoms with Gasteiger partial charge in [0.1, 0.15) is 11.5 Å². The van der Waals surface area contributed by atoms with Gasteiger partial charge >= 0.3 is 7.60 Å². The van der Waals surface area contributed by atoms with Gasteiger partial charge in [0.15, 0.2) is 12.4 Å². The average molecular weight is 341 g/mol. The molecule has 0 bridgehead atoms. The van der Waals surface area contributed by atoms with Gasteiger partial charge in [0.2, 0.25) is 0 Å². The highest BCUT2D eigenvalue weighted by atomic mass is 31.2. The summed E-state index contributed by atoms with van der Waals surface area (Å²) in [5, 5.41) is 0. The normalized spacial score (nSPS) is 11.0. The van der Waals surface area contributed by atoms with E-state index >= 15 is 0 Å². The van der Waals surface area contributed by atoms with Crippen molar-refractivity contribution in [3.8, 4) is 11.5 Å². The van der Waals surface area contributed by atoms with E-state index in [2.05, 4.69) is 0 Å². The molecule has 122 valence electrons. The second-order valence-electron chi connectivity index (χ2n) is 5.23. The predicted octanol–water partition coefficient (Wildman–Crippen LogP) is 3.54. The zero-order valence-electron chi connectivity index (χ0n) is 13.0. The summed E-state index contributed by atoms with van der Waals surface area (Å²) in [5.41, 5.74) is 0.812. The molecule has 6 heteroatoms. The number of hydrogen-bond acceptors (Lipinski definition) is 4. The number of pyridine rings is 1. The summed E-state index contributed by atoms with van der Waals surface area (Å²) < 4.78 is 26.2. The van der Waals surface area contributed by atoms with Crippen molar-refractivity contribution in [3.05, 3.63) is 90.8 Å². The van der Waals surface area contributed by atoms with E-state index in [0.29, 0.717) is 11.5 Å². The minimum Gasteiger partial charge on any atom is -0.416 e. The number of nitrogens with two attached hydrogens (primary N) is 1. The molecule has 0 aliphatic rings. The zero-order valence-corrected chi connectivity index (χ0v) is 13.9. The first-order valence-electron chi connectivity index (χ1n) is 7.47. The van der Waals surface area contributed by atoms with Gasteiger partial charge in [0.25, 0.3) is 0 Å². The molecule has 0 radical (unpaired) electrons. The van der Waals surface area contributed by atoms with Crippen molar-refractivity contribution in [1.82, 2.24) is 0 Å². The first-order valence-corrected chi connectivity index (χ1v) is 9.19. The van der Waals surface area contributed by atoms with Gasteiger partial charge in [-0.05, 0) is 29.8 Å². The van der Waals surface area contributed by atoms with Crippen molar-refractivity contribution < 1.29 is 18.3 Å². The fourth-order valence-electron chi connectivity index (χ4n) is 2.16. The van der Waals surface area contributed by atoms with Crippen LogP contribution < -0.4 is 19.6 Å². The number of para-hydroxylation sites is 2. The minimum absolute atomic E-state index is 0.137. The summed E-state index contributed by atoms with van der Waals surface area (Å²) in [5.74, 6) is 6.63. The van der Waals surface area contributed by atoms with Crippen molar-refractivity contribution in [2.45, 2.75) is 6.16 Å². The Labute approximate surface area is 140 Å². The molecule has 5 nitrogen and oxygen atoms in total. The van der Waals surface area contributed by atoms with Crippen LogP contribution in [0, 0.1) is 0 Å². The Morgan fingerprint density at radius 2 is 1.25 bits per heavy atom. The number of nitrogens with zero attached hydrogens (tertiary/aromatic N) is 1. The van der Waals surface area contributed by atoms with Crippen LogP contribution in [0.3, 0.4) is 0 Å². The van der Waals surface area contributed by atoms with Crippen molar-refractivity contribution in [3.63, 3.8) is 0 Å². The van der Waals surface area contributed by atoms with E-state index in [9.17, 15) is 4.57 Å². The summed E-state index contributed by atoms with van der Waals surface area (Å²) in [6, 6.07) is 21.6. The molecule has 3 rings (SSSR count). The van der Waals surface area contributed by atoms with Gasteiger partial charge in [-0.25, -0.2) is 10.4 Å². The molecule has 0 saturated heterocycles. The van der Waals surface area contributed by atoms with Crippen LogP contribution in [0.2, 0.25) is 0 Å². The molecule has 0 aliphatic carbocycles. The third-order valence-electron chi connectivity index (χ3n) is 3.27. The second kappa shape index (κ2) is 7.20. The van der Waals surface area contributed by atoms with E-state index in [1.54, 1.807) is 48.8 Å². The number of benzene rings is 2. The molecule has 0 saturated carbocycles. The summed E-state index contributed by atoms with van der Waals surface area (Å²) in [7, 11) is -3.45. The summed E-state index contributed by atoms with van der Waals surface area (Å²) in [6.45, 7) is 0. The van der Waals surface area contributed by atoms with Crippen LogP contribution >= 0.6 is 7.60 Å². The molecule has 0 amide bonds. The van der Waals surface area contributed by atoms with Crippen molar-refractivity contribution >= 4 is 7.60 Å². The molecule has 1 aromatic heterocycles. The first-order chi connectivity index (χ1) is 11.6. The largest absolute Gasteiger partial charge is 0.435 e. The Bertz CT molecular complexity index is 778. The number of rotatable bonds is 6. The monoisotopic (exact) mass is 341 g/mol. The Kier molecular flexibility index (Phi) is 4.82. The maximum absolute atomic E-state index is 13.3. The molecule has 3 aromatic rings. The van der Waals surface area contributed by atoms with Gasteiger partial charge in [-0.15, -0.1) is 0 Å². The van der Waals surface area contributed by atoms with E-state index in [0.717, 1.165) is 5.56 Å². The molecule has 1 heterocycles. The lowest BCUT2D eigenvalue weighted by Gasteiger charge is -2.20. The summed E-state index contributed by atoms with van der Waals surface area (Å²) >= 11 is 0. The fraction of sp³-hybridized carbons (Fsp3) is 0.0556. The molecular formula is C18H18N2O3P+. The van der Waals surface area contributed by atoms with Crippen molar-refractivity contribution in [1.29, 1.82) is 0 Å². The minimum atomic E-state index is -3.45. The molecule has 2 aromatic carbocycles. The topological polar surface area (TPSA) is 65.4 Å². The standard InChI is InChI=1S/C18H18N2O3P/c19-20-13-11-16(12-14-20)15-24(21,22-17-7-3-1-4-8-17)23-18-9-5-2-6-10-18/h1-14H,15,19H2/q+1. The number of nitrogen functional groups attached to an aromatic ring is 1. The quantitative estimate of drug-likeness (QED) is 0.423. The summed E-state index contributed by atoms with van der Waals surface area (Å²) in [6.07, 6.45) is 3.51. The lowest BCUT2D eigenvalue weighted by molar-refractivity contribution is -0.639. The smallest absolute Gasteiger partial charge is 0.416 e. The maximum Gasteiger partial charge on any atom is 0.435 e. The van der Waals surface area contributed by atoms with Crippen LogP contribution in [0.25, 0.3) is 0 Å². The molecule has 24 heavy (non-hydrogen) atoms. The van der Waals surface area contributed by atoms with Crippen LogP contribution in [0.1, 0.15) is 5.56 Å².